The number of likely N-dealkylation sites (N-methyl/N-ethyl adjacent to an activating group) is 1. The Morgan fingerprint density at radius 2 is 2.21 bits per heavy atom. The van der Waals surface area contributed by atoms with Crippen LogP contribution in [-0.2, 0) is 9.53 Å². The van der Waals surface area contributed by atoms with E-state index < -0.39 is 30.1 Å². The van der Waals surface area contributed by atoms with Crippen molar-refractivity contribution in [3.63, 3.8) is 0 Å². The van der Waals surface area contributed by atoms with Crippen LogP contribution in [0.5, 0.6) is 0 Å². The summed E-state index contributed by atoms with van der Waals surface area (Å²) < 4.78 is 5.59. The molecule has 0 aliphatic carbocycles. The van der Waals surface area contributed by atoms with Gasteiger partial charge in [-0.05, 0) is 6.72 Å². The Labute approximate surface area is 137 Å². The molecule has 1 aromatic heterocycles. The molecule has 4 atom stereocenters. The van der Waals surface area contributed by atoms with Crippen molar-refractivity contribution < 1.29 is 19.7 Å². The number of carbonyl (C=O) groups is 1. The Balaban J connectivity index is 2.27. The maximum Gasteiger partial charge on any atom is 0.280 e. The number of H-pyrrole nitrogens is 1. The lowest BCUT2D eigenvalue weighted by Gasteiger charge is -2.28. The molecule has 1 amide bonds. The van der Waals surface area contributed by atoms with Crippen LogP contribution < -0.4 is 21.5 Å². The van der Waals surface area contributed by atoms with Gasteiger partial charge in [0.15, 0.2) is 17.7 Å². The van der Waals surface area contributed by atoms with Crippen molar-refractivity contribution in [2.45, 2.75) is 31.5 Å². The fourth-order valence-corrected chi connectivity index (χ4v) is 2.44. The van der Waals surface area contributed by atoms with Crippen LogP contribution in [0.4, 0.5) is 17.5 Å². The van der Waals surface area contributed by atoms with Gasteiger partial charge in [0.2, 0.25) is 11.9 Å². The van der Waals surface area contributed by atoms with Gasteiger partial charge in [0.1, 0.15) is 18.3 Å². The number of hydrogen-bond donors (Lipinski definition) is 5. The molecule has 1 fully saturated rings. The van der Waals surface area contributed by atoms with Crippen LogP contribution >= 0.6 is 0 Å². The van der Waals surface area contributed by atoms with E-state index >= 15 is 0 Å². The van der Waals surface area contributed by atoms with Gasteiger partial charge in [0.05, 0.1) is 0 Å². The van der Waals surface area contributed by atoms with Crippen LogP contribution in [0.25, 0.3) is 0 Å². The van der Waals surface area contributed by atoms with Gasteiger partial charge in [-0.15, -0.1) is 0 Å². The second-order valence-corrected chi connectivity index (χ2v) is 5.38. The summed E-state index contributed by atoms with van der Waals surface area (Å²) in [5, 5.41) is 22.8. The van der Waals surface area contributed by atoms with Gasteiger partial charge in [-0.1, -0.05) is 0 Å². The van der Waals surface area contributed by atoms with E-state index in [-0.39, 0.29) is 29.9 Å². The van der Waals surface area contributed by atoms with Gasteiger partial charge in [-0.3, -0.25) is 19.6 Å². The highest BCUT2D eigenvalue weighted by atomic mass is 16.6. The minimum atomic E-state index is -1.30. The van der Waals surface area contributed by atoms with Crippen molar-refractivity contribution >= 4 is 30.1 Å². The zero-order valence-corrected chi connectivity index (χ0v) is 13.3. The van der Waals surface area contributed by atoms with E-state index in [9.17, 15) is 19.8 Å². The second kappa shape index (κ2) is 6.95. The molecule has 1 saturated heterocycles. The number of nitrogen functional groups attached to an aromatic ring is 1. The van der Waals surface area contributed by atoms with Crippen molar-refractivity contribution in [3.8, 4) is 0 Å². The molecule has 2 heterocycles. The van der Waals surface area contributed by atoms with Crippen LogP contribution in [0.2, 0.25) is 0 Å². The van der Waals surface area contributed by atoms with E-state index in [1.807, 2.05) is 0 Å². The van der Waals surface area contributed by atoms with E-state index in [4.69, 9.17) is 10.5 Å². The maximum absolute atomic E-state index is 11.9. The number of ether oxygens (including phenoxy) is 1. The number of anilines is 2. The Morgan fingerprint density at radius 1 is 1.54 bits per heavy atom. The lowest BCUT2D eigenvalue weighted by Crippen LogP contribution is -2.43. The average molecular weight is 340 g/mol. The van der Waals surface area contributed by atoms with Gasteiger partial charge in [0.25, 0.3) is 5.56 Å². The van der Waals surface area contributed by atoms with Gasteiger partial charge in [-0.25, -0.2) is 0 Å². The molecule has 0 saturated carbocycles. The van der Waals surface area contributed by atoms with Crippen LogP contribution in [0, 0.1) is 0 Å². The van der Waals surface area contributed by atoms with Crippen LogP contribution in [0.3, 0.4) is 0 Å². The van der Waals surface area contributed by atoms with Crippen LogP contribution in [0.15, 0.2) is 9.79 Å². The summed E-state index contributed by atoms with van der Waals surface area (Å²) in [6.45, 7) is 4.66. The van der Waals surface area contributed by atoms with Crippen molar-refractivity contribution in [3.05, 3.63) is 10.4 Å². The molecule has 6 N–H and O–H groups in total. The molecule has 0 aromatic carbocycles. The quantitative estimate of drug-likeness (QED) is 0.373. The number of aliphatic imine (C=N–C) groups is 1. The van der Waals surface area contributed by atoms with E-state index in [2.05, 4.69) is 27.0 Å². The molecule has 11 nitrogen and oxygen atoms in total. The summed E-state index contributed by atoms with van der Waals surface area (Å²) in [6.07, 6.45) is -4.37. The number of aliphatic hydroxyl groups is 2. The highest BCUT2D eigenvalue weighted by Gasteiger charge is 2.45. The standard InChI is InChI=1S/C13H20N6O5/c1-5(20)16-4-6-8(21)9(22)12(24-6)19(3)10-7(15-2)11(23)18-13(14)17-10/h6,8-9,12,21-22H,2,4H2,1,3H3,(H,16,20)(H3,14,17,18,23)/t6-,8?,9?,12?/m1/s1. The number of rotatable bonds is 5. The zero-order chi connectivity index (χ0) is 18.0. The van der Waals surface area contributed by atoms with Gasteiger partial charge < -0.3 is 30.9 Å². The van der Waals surface area contributed by atoms with Gasteiger partial charge >= 0.3 is 0 Å². The summed E-state index contributed by atoms with van der Waals surface area (Å²) >= 11 is 0. The molecule has 0 bridgehead atoms. The molecule has 1 aromatic rings. The number of amides is 1. The summed E-state index contributed by atoms with van der Waals surface area (Å²) in [4.78, 5) is 34.1. The molecule has 0 radical (unpaired) electrons. The number of carbonyl (C=O) groups excluding carboxylic acids is 1. The zero-order valence-electron chi connectivity index (χ0n) is 13.3. The monoisotopic (exact) mass is 340 g/mol. The lowest BCUT2D eigenvalue weighted by atomic mass is 10.1. The van der Waals surface area contributed by atoms with Crippen LogP contribution in [-0.4, -0.2) is 70.9 Å². The van der Waals surface area contributed by atoms with Gasteiger partial charge in [-0.2, -0.15) is 4.98 Å². The van der Waals surface area contributed by atoms with Crippen LogP contribution in [0.1, 0.15) is 6.92 Å². The van der Waals surface area contributed by atoms with Crippen molar-refractivity contribution in [1.82, 2.24) is 15.3 Å². The molecule has 1 aliphatic rings. The highest BCUT2D eigenvalue weighted by Crippen LogP contribution is 2.29. The minimum Gasteiger partial charge on any atom is -0.387 e. The normalized spacial score (nSPS) is 26.2. The van der Waals surface area contributed by atoms with E-state index in [1.54, 1.807) is 0 Å². The molecule has 3 unspecified atom stereocenters. The molecule has 2 rings (SSSR count). The number of nitrogens with zero attached hydrogens (tertiary/aromatic N) is 3. The molecule has 1 aliphatic heterocycles. The first-order chi connectivity index (χ1) is 11.3. The Hall–Kier alpha value is -2.50. The lowest BCUT2D eigenvalue weighted by molar-refractivity contribution is -0.119. The number of aliphatic hydroxyl groups excluding tert-OH is 2. The minimum absolute atomic E-state index is 0.0232. The average Bonchev–Trinajstić information content (AvgIpc) is 2.79. The Kier molecular flexibility index (Phi) is 5.17. The number of hydrogen-bond acceptors (Lipinski definition) is 9. The highest BCUT2D eigenvalue weighted by molar-refractivity contribution is 5.72. The topological polar surface area (TPSA) is 166 Å². The molecule has 0 spiro atoms. The molecular weight excluding hydrogens is 320 g/mol. The predicted octanol–water partition coefficient (Wildman–Crippen LogP) is -2.30. The van der Waals surface area contributed by atoms with E-state index in [0.29, 0.717) is 0 Å². The molecule has 11 heteroatoms. The number of aromatic nitrogens is 2. The number of nitrogens with two attached hydrogens (primary N) is 1. The number of nitrogens with one attached hydrogen (secondary N) is 2. The Bertz CT molecular complexity index is 692. The van der Waals surface area contributed by atoms with Crippen molar-refractivity contribution in [1.29, 1.82) is 0 Å². The maximum atomic E-state index is 11.9. The molecular formula is C13H20N6O5. The second-order valence-electron chi connectivity index (χ2n) is 5.38. The van der Waals surface area contributed by atoms with Crippen molar-refractivity contribution in [2.75, 3.05) is 24.2 Å². The predicted molar refractivity (Wildman–Crippen MR) is 86.2 cm³/mol. The Morgan fingerprint density at radius 3 is 2.79 bits per heavy atom. The smallest absolute Gasteiger partial charge is 0.280 e. The van der Waals surface area contributed by atoms with E-state index in [0.717, 1.165) is 0 Å². The third kappa shape index (κ3) is 3.37. The fraction of sp³-hybridized carbons (Fsp3) is 0.538. The first-order valence-electron chi connectivity index (χ1n) is 7.11. The summed E-state index contributed by atoms with van der Waals surface area (Å²) in [5.74, 6) is -0.390. The van der Waals surface area contributed by atoms with Gasteiger partial charge in [0, 0.05) is 20.5 Å². The summed E-state index contributed by atoms with van der Waals surface area (Å²) in [5.41, 5.74) is 4.84. The SMILES string of the molecule is C=Nc1c(N(C)C2O[C@H](CNC(C)=O)C(O)C2O)nc(N)[nH]c1=O. The first kappa shape index (κ1) is 17.8. The number of aromatic amines is 1. The molecule has 24 heavy (non-hydrogen) atoms. The largest absolute Gasteiger partial charge is 0.387 e. The molecule has 132 valence electrons. The summed E-state index contributed by atoms with van der Waals surface area (Å²) in [6, 6.07) is 0. The third-order valence-electron chi connectivity index (χ3n) is 3.66. The third-order valence-corrected chi connectivity index (χ3v) is 3.66. The van der Waals surface area contributed by atoms with E-state index in [1.165, 1.54) is 18.9 Å². The first-order valence-corrected chi connectivity index (χ1v) is 7.11. The summed E-state index contributed by atoms with van der Waals surface area (Å²) in [7, 11) is 1.50. The fourth-order valence-electron chi connectivity index (χ4n) is 2.44. The van der Waals surface area contributed by atoms with Crippen molar-refractivity contribution in [2.24, 2.45) is 4.99 Å².